The van der Waals surface area contributed by atoms with Gasteiger partial charge in [-0.2, -0.15) is 5.26 Å². The van der Waals surface area contributed by atoms with Gasteiger partial charge >= 0.3 is 0 Å². The number of nitriles is 1. The lowest BCUT2D eigenvalue weighted by molar-refractivity contribution is -0.127. The van der Waals surface area contributed by atoms with E-state index in [9.17, 15) is 4.79 Å². The van der Waals surface area contributed by atoms with Crippen molar-refractivity contribution in [2.45, 2.75) is 52.6 Å². The average Bonchev–Trinajstić information content (AvgIpc) is 2.28. The van der Waals surface area contributed by atoms with Crippen LogP contribution in [-0.4, -0.2) is 36.0 Å². The maximum Gasteiger partial charge on any atom is 0.237 e. The number of rotatable bonds is 3. The summed E-state index contributed by atoms with van der Waals surface area (Å²) >= 11 is 0. The molecule has 96 valence electrons. The Labute approximate surface area is 104 Å². The molecule has 0 saturated carbocycles. The van der Waals surface area contributed by atoms with Gasteiger partial charge in [0.25, 0.3) is 0 Å². The first-order valence-electron chi connectivity index (χ1n) is 6.33. The van der Waals surface area contributed by atoms with Crippen LogP contribution in [-0.2, 0) is 4.79 Å². The second-order valence-electron chi connectivity index (χ2n) is 5.55. The number of piperidine rings is 1. The zero-order valence-electron chi connectivity index (χ0n) is 11.3. The molecule has 0 aromatic carbocycles. The molecule has 0 aromatic rings. The summed E-state index contributed by atoms with van der Waals surface area (Å²) in [5.74, 6) is 0.0839. The summed E-state index contributed by atoms with van der Waals surface area (Å²) in [5, 5.41) is 12.0. The zero-order valence-corrected chi connectivity index (χ0v) is 11.3. The van der Waals surface area contributed by atoms with E-state index >= 15 is 0 Å². The molecule has 1 amide bonds. The predicted molar refractivity (Wildman–Crippen MR) is 67.3 cm³/mol. The Morgan fingerprint density at radius 3 is 2.29 bits per heavy atom. The lowest BCUT2D eigenvalue weighted by Gasteiger charge is -2.37. The summed E-state index contributed by atoms with van der Waals surface area (Å²) in [6.45, 7) is 9.53. The summed E-state index contributed by atoms with van der Waals surface area (Å²) in [5.41, 5.74) is -0.204. The Morgan fingerprint density at radius 1 is 1.35 bits per heavy atom. The van der Waals surface area contributed by atoms with Crippen molar-refractivity contribution in [3.8, 4) is 6.07 Å². The van der Waals surface area contributed by atoms with Crippen LogP contribution in [0.4, 0.5) is 0 Å². The molecule has 1 unspecified atom stereocenters. The normalized spacial score (nSPS) is 21.9. The van der Waals surface area contributed by atoms with Crippen molar-refractivity contribution in [3.63, 3.8) is 0 Å². The minimum atomic E-state index is -0.204. The molecular formula is C13H23N3O. The Kier molecular flexibility index (Phi) is 4.53. The number of likely N-dealkylation sites (tertiary alicyclic amines) is 1. The van der Waals surface area contributed by atoms with E-state index in [1.807, 2.05) is 27.7 Å². The predicted octanol–water partition coefficient (Wildman–Crippen LogP) is 1.53. The molecule has 0 aliphatic carbocycles. The molecule has 0 aromatic heterocycles. The highest BCUT2D eigenvalue weighted by molar-refractivity contribution is 5.81. The first-order valence-corrected chi connectivity index (χ1v) is 6.33. The van der Waals surface area contributed by atoms with Crippen LogP contribution in [0.2, 0.25) is 0 Å². The third-order valence-corrected chi connectivity index (χ3v) is 3.53. The van der Waals surface area contributed by atoms with Crippen molar-refractivity contribution >= 4 is 5.91 Å². The smallest absolute Gasteiger partial charge is 0.237 e. The number of carbonyl (C=O) groups excluding carboxylic acids is 1. The zero-order chi connectivity index (χ0) is 13.1. The van der Waals surface area contributed by atoms with E-state index in [1.54, 1.807) is 0 Å². The molecule has 17 heavy (non-hydrogen) atoms. The molecule has 1 atom stereocenters. The van der Waals surface area contributed by atoms with Crippen LogP contribution in [0.3, 0.4) is 0 Å². The highest BCUT2D eigenvalue weighted by Crippen LogP contribution is 2.30. The maximum absolute atomic E-state index is 11.9. The largest absolute Gasteiger partial charge is 0.353 e. The fourth-order valence-corrected chi connectivity index (χ4v) is 2.09. The molecule has 1 heterocycles. The Hall–Kier alpha value is -1.08. The molecule has 0 spiro atoms. The third-order valence-electron chi connectivity index (χ3n) is 3.53. The Balaban J connectivity index is 2.49. The highest BCUT2D eigenvalue weighted by Gasteiger charge is 2.33. The van der Waals surface area contributed by atoms with E-state index in [4.69, 9.17) is 5.26 Å². The van der Waals surface area contributed by atoms with E-state index in [2.05, 4.69) is 16.3 Å². The average molecular weight is 237 g/mol. The third kappa shape index (κ3) is 3.71. The molecular weight excluding hydrogens is 214 g/mol. The molecule has 0 bridgehead atoms. The molecule has 0 radical (unpaired) electrons. The van der Waals surface area contributed by atoms with Gasteiger partial charge in [-0.3, -0.25) is 9.69 Å². The van der Waals surface area contributed by atoms with E-state index in [0.29, 0.717) is 0 Å². The number of hydrogen-bond acceptors (Lipinski definition) is 3. The first-order chi connectivity index (χ1) is 7.88. The van der Waals surface area contributed by atoms with Crippen molar-refractivity contribution in [1.29, 1.82) is 5.26 Å². The summed E-state index contributed by atoms with van der Waals surface area (Å²) in [4.78, 5) is 14.0. The van der Waals surface area contributed by atoms with Gasteiger partial charge in [0, 0.05) is 19.1 Å². The van der Waals surface area contributed by atoms with E-state index in [-0.39, 0.29) is 23.4 Å². The van der Waals surface area contributed by atoms with Crippen LogP contribution in [0, 0.1) is 16.7 Å². The van der Waals surface area contributed by atoms with Gasteiger partial charge < -0.3 is 5.32 Å². The minimum absolute atomic E-state index is 0.0839. The maximum atomic E-state index is 11.9. The van der Waals surface area contributed by atoms with E-state index < -0.39 is 0 Å². The van der Waals surface area contributed by atoms with Gasteiger partial charge in [0.15, 0.2) is 0 Å². The molecule has 1 saturated heterocycles. The van der Waals surface area contributed by atoms with E-state index in [0.717, 1.165) is 25.9 Å². The second-order valence-corrected chi connectivity index (χ2v) is 5.55. The van der Waals surface area contributed by atoms with Crippen molar-refractivity contribution in [2.75, 3.05) is 13.1 Å². The molecule has 4 nitrogen and oxygen atoms in total. The fourth-order valence-electron chi connectivity index (χ4n) is 2.09. The number of carbonyl (C=O) groups is 1. The summed E-state index contributed by atoms with van der Waals surface area (Å²) in [7, 11) is 0. The topological polar surface area (TPSA) is 56.1 Å². The van der Waals surface area contributed by atoms with Crippen molar-refractivity contribution in [1.82, 2.24) is 10.2 Å². The van der Waals surface area contributed by atoms with Gasteiger partial charge in [0.1, 0.15) is 0 Å². The standard InChI is InChI=1S/C13H23N3O/c1-10(2)15-12(17)11(3)16-7-5-13(4,9-14)6-8-16/h10-11H,5-8H2,1-4H3,(H,15,17). The molecule has 4 heteroatoms. The van der Waals surface area contributed by atoms with Crippen molar-refractivity contribution in [2.24, 2.45) is 5.41 Å². The van der Waals surface area contributed by atoms with Crippen molar-refractivity contribution < 1.29 is 4.79 Å². The van der Waals surface area contributed by atoms with Crippen LogP contribution < -0.4 is 5.32 Å². The Bertz CT molecular complexity index is 311. The van der Waals surface area contributed by atoms with Gasteiger partial charge in [-0.25, -0.2) is 0 Å². The van der Waals surface area contributed by atoms with Crippen molar-refractivity contribution in [3.05, 3.63) is 0 Å². The monoisotopic (exact) mass is 237 g/mol. The van der Waals surface area contributed by atoms with Crippen LogP contribution in [0.15, 0.2) is 0 Å². The highest BCUT2D eigenvalue weighted by atomic mass is 16.2. The Morgan fingerprint density at radius 2 is 1.88 bits per heavy atom. The summed E-state index contributed by atoms with van der Waals surface area (Å²) in [6, 6.07) is 2.46. The lowest BCUT2D eigenvalue weighted by atomic mass is 9.81. The van der Waals surface area contributed by atoms with Gasteiger partial charge in [-0.15, -0.1) is 0 Å². The molecule has 1 N–H and O–H groups in total. The number of nitrogens with one attached hydrogen (secondary N) is 1. The quantitative estimate of drug-likeness (QED) is 0.809. The first kappa shape index (κ1) is 14.0. The fraction of sp³-hybridized carbons (Fsp3) is 0.846. The van der Waals surface area contributed by atoms with Crippen LogP contribution in [0.5, 0.6) is 0 Å². The van der Waals surface area contributed by atoms with Crippen LogP contribution in [0.1, 0.15) is 40.5 Å². The van der Waals surface area contributed by atoms with Crippen LogP contribution in [0.25, 0.3) is 0 Å². The number of hydrogen-bond donors (Lipinski definition) is 1. The second kappa shape index (κ2) is 5.50. The van der Waals surface area contributed by atoms with Gasteiger partial charge in [0.2, 0.25) is 5.91 Å². The molecule has 1 aliphatic heterocycles. The summed E-state index contributed by atoms with van der Waals surface area (Å²) in [6.07, 6.45) is 1.70. The summed E-state index contributed by atoms with van der Waals surface area (Å²) < 4.78 is 0. The number of amides is 1. The van der Waals surface area contributed by atoms with Gasteiger partial charge in [-0.1, -0.05) is 0 Å². The van der Waals surface area contributed by atoms with E-state index in [1.165, 1.54) is 0 Å². The van der Waals surface area contributed by atoms with Gasteiger partial charge in [0.05, 0.1) is 17.5 Å². The SMILES string of the molecule is CC(C)NC(=O)C(C)N1CCC(C)(C#N)CC1. The minimum Gasteiger partial charge on any atom is -0.353 e. The van der Waals surface area contributed by atoms with Crippen LogP contribution >= 0.6 is 0 Å². The molecule has 1 rings (SSSR count). The molecule has 1 aliphatic rings. The van der Waals surface area contributed by atoms with Gasteiger partial charge in [-0.05, 0) is 40.5 Å². The lowest BCUT2D eigenvalue weighted by Crippen LogP contribution is -2.50. The number of nitrogens with zero attached hydrogens (tertiary/aromatic N) is 2. The molecule has 1 fully saturated rings.